The van der Waals surface area contributed by atoms with Crippen LogP contribution in [0.2, 0.25) is 0 Å². The molecular weight excluding hydrogens is 307 g/mol. The SMILES string of the molecule is CNCC(=Cc1cncc(C(=O)OC)c1)B1OC(C)(C)C(C)(C)O1. The third-order valence-corrected chi connectivity index (χ3v) is 4.47. The lowest BCUT2D eigenvalue weighted by Crippen LogP contribution is -2.41. The maximum Gasteiger partial charge on any atom is 0.491 e. The van der Waals surface area contributed by atoms with E-state index in [4.69, 9.17) is 14.0 Å². The monoisotopic (exact) mass is 332 g/mol. The van der Waals surface area contributed by atoms with E-state index in [2.05, 4.69) is 10.3 Å². The fraction of sp³-hybridized carbons (Fsp3) is 0.529. The number of ether oxygens (including phenoxy) is 1. The molecule has 0 saturated carbocycles. The van der Waals surface area contributed by atoms with Gasteiger partial charge in [0, 0.05) is 18.9 Å². The number of aromatic nitrogens is 1. The van der Waals surface area contributed by atoms with Gasteiger partial charge in [-0.2, -0.15) is 0 Å². The molecule has 130 valence electrons. The fourth-order valence-corrected chi connectivity index (χ4v) is 2.38. The zero-order valence-corrected chi connectivity index (χ0v) is 15.2. The smallest absolute Gasteiger partial charge is 0.465 e. The molecule has 7 heteroatoms. The van der Waals surface area contributed by atoms with Crippen LogP contribution < -0.4 is 5.32 Å². The number of nitrogens with one attached hydrogen (secondary N) is 1. The Morgan fingerprint density at radius 3 is 2.46 bits per heavy atom. The maximum absolute atomic E-state index is 11.7. The van der Waals surface area contributed by atoms with Gasteiger partial charge in [-0.1, -0.05) is 6.08 Å². The van der Waals surface area contributed by atoms with Crippen LogP contribution in [0.15, 0.2) is 23.9 Å². The summed E-state index contributed by atoms with van der Waals surface area (Å²) in [5.74, 6) is -0.413. The Labute approximate surface area is 143 Å². The summed E-state index contributed by atoms with van der Waals surface area (Å²) in [6.07, 6.45) is 5.10. The van der Waals surface area contributed by atoms with E-state index in [0.717, 1.165) is 11.0 Å². The first-order valence-electron chi connectivity index (χ1n) is 7.94. The molecule has 0 spiro atoms. The van der Waals surface area contributed by atoms with Crippen molar-refractivity contribution in [3.8, 4) is 0 Å². The molecule has 1 fully saturated rings. The Morgan fingerprint density at radius 2 is 1.92 bits per heavy atom. The standard InChI is InChI=1S/C17H25BN2O4/c1-16(2)17(3,4)24-18(23-16)14(11-19-5)8-12-7-13(10-20-9-12)15(21)22-6/h7-10,19H,11H2,1-6H3. The predicted octanol–water partition coefficient (Wildman–Crippen LogP) is 2.10. The second kappa shape index (κ2) is 7.05. The van der Waals surface area contributed by atoms with E-state index < -0.39 is 24.3 Å². The zero-order valence-electron chi connectivity index (χ0n) is 15.2. The van der Waals surface area contributed by atoms with Gasteiger partial charge in [0.15, 0.2) is 0 Å². The van der Waals surface area contributed by atoms with Crippen LogP contribution in [0, 0.1) is 0 Å². The Balaban J connectivity index is 2.31. The highest BCUT2D eigenvalue weighted by Gasteiger charge is 2.52. The second-order valence-corrected chi connectivity index (χ2v) is 6.84. The molecule has 0 radical (unpaired) electrons. The molecule has 1 aromatic rings. The van der Waals surface area contributed by atoms with E-state index in [-0.39, 0.29) is 0 Å². The number of nitrogens with zero attached hydrogens (tertiary/aromatic N) is 1. The van der Waals surface area contributed by atoms with Gasteiger partial charge in [-0.3, -0.25) is 4.98 Å². The molecule has 0 aliphatic carbocycles. The molecule has 1 N–H and O–H groups in total. The highest BCUT2D eigenvalue weighted by atomic mass is 16.7. The number of carbonyl (C=O) groups excluding carboxylic acids is 1. The van der Waals surface area contributed by atoms with E-state index in [1.54, 1.807) is 12.3 Å². The Morgan fingerprint density at radius 1 is 1.29 bits per heavy atom. The summed E-state index contributed by atoms with van der Waals surface area (Å²) < 4.78 is 17.0. The number of rotatable bonds is 5. The van der Waals surface area contributed by atoms with Gasteiger partial charge >= 0.3 is 13.1 Å². The molecule has 0 atom stereocenters. The molecule has 0 amide bonds. The highest BCUT2D eigenvalue weighted by Crippen LogP contribution is 2.38. The number of likely N-dealkylation sites (N-methyl/N-ethyl adjacent to an activating group) is 1. The average Bonchev–Trinajstić information content (AvgIpc) is 2.74. The van der Waals surface area contributed by atoms with Crippen LogP contribution in [0.1, 0.15) is 43.6 Å². The van der Waals surface area contributed by atoms with E-state index in [1.807, 2.05) is 40.8 Å². The molecule has 1 aromatic heterocycles. The number of carbonyl (C=O) groups is 1. The number of pyridine rings is 1. The molecule has 0 bridgehead atoms. The van der Waals surface area contributed by atoms with Crippen molar-refractivity contribution >= 4 is 19.2 Å². The van der Waals surface area contributed by atoms with E-state index in [0.29, 0.717) is 12.1 Å². The molecule has 1 aliphatic heterocycles. The summed E-state index contributed by atoms with van der Waals surface area (Å²) in [5, 5.41) is 3.13. The molecule has 2 heterocycles. The quantitative estimate of drug-likeness (QED) is 0.658. The summed E-state index contributed by atoms with van der Waals surface area (Å²) in [4.78, 5) is 15.8. The van der Waals surface area contributed by atoms with Gasteiger partial charge in [0.05, 0.1) is 23.9 Å². The van der Waals surface area contributed by atoms with Crippen LogP contribution in [0.25, 0.3) is 6.08 Å². The minimum atomic E-state index is -0.454. The van der Waals surface area contributed by atoms with E-state index in [9.17, 15) is 4.79 Å². The zero-order chi connectivity index (χ0) is 18.0. The van der Waals surface area contributed by atoms with Crippen LogP contribution in [-0.4, -0.2) is 50.0 Å². The minimum Gasteiger partial charge on any atom is -0.465 e. The number of methoxy groups -OCH3 is 1. The van der Waals surface area contributed by atoms with Crippen molar-refractivity contribution in [2.75, 3.05) is 20.7 Å². The van der Waals surface area contributed by atoms with Gasteiger partial charge in [-0.25, -0.2) is 4.79 Å². The summed E-state index contributed by atoms with van der Waals surface area (Å²) in [5.41, 5.74) is 1.31. The number of hydrogen-bond acceptors (Lipinski definition) is 6. The lowest BCUT2D eigenvalue weighted by molar-refractivity contribution is 0.00578. The largest absolute Gasteiger partial charge is 0.491 e. The van der Waals surface area contributed by atoms with Crippen molar-refractivity contribution in [1.82, 2.24) is 10.3 Å². The lowest BCUT2D eigenvalue weighted by Gasteiger charge is -2.32. The van der Waals surface area contributed by atoms with Crippen molar-refractivity contribution in [1.29, 1.82) is 0 Å². The Kier molecular flexibility index (Phi) is 5.47. The van der Waals surface area contributed by atoms with E-state index in [1.165, 1.54) is 13.3 Å². The van der Waals surface area contributed by atoms with Crippen LogP contribution in [0.5, 0.6) is 0 Å². The first-order valence-corrected chi connectivity index (χ1v) is 7.94. The molecular formula is C17H25BN2O4. The van der Waals surface area contributed by atoms with Gasteiger partial charge in [-0.05, 0) is 51.8 Å². The maximum atomic E-state index is 11.7. The van der Waals surface area contributed by atoms with Gasteiger partial charge in [0.1, 0.15) is 0 Å². The number of hydrogen-bond donors (Lipinski definition) is 1. The van der Waals surface area contributed by atoms with Gasteiger partial charge in [-0.15, -0.1) is 0 Å². The normalized spacial score (nSPS) is 19.4. The first-order chi connectivity index (χ1) is 11.2. The minimum absolute atomic E-state index is 0.406. The fourth-order valence-electron chi connectivity index (χ4n) is 2.38. The molecule has 2 rings (SSSR count). The van der Waals surface area contributed by atoms with E-state index >= 15 is 0 Å². The van der Waals surface area contributed by atoms with Crippen molar-refractivity contribution in [3.63, 3.8) is 0 Å². The lowest BCUT2D eigenvalue weighted by atomic mass is 9.77. The van der Waals surface area contributed by atoms with Crippen molar-refractivity contribution in [2.24, 2.45) is 0 Å². The van der Waals surface area contributed by atoms with Crippen LogP contribution in [0.4, 0.5) is 0 Å². The van der Waals surface area contributed by atoms with Crippen LogP contribution in [-0.2, 0) is 14.0 Å². The van der Waals surface area contributed by atoms with Gasteiger partial charge in [0.25, 0.3) is 0 Å². The summed E-state index contributed by atoms with van der Waals surface area (Å²) in [6.45, 7) is 8.67. The Bertz CT molecular complexity index is 627. The summed E-state index contributed by atoms with van der Waals surface area (Å²) in [6, 6.07) is 1.74. The van der Waals surface area contributed by atoms with Gasteiger partial charge < -0.3 is 19.4 Å². The first kappa shape index (κ1) is 18.6. The van der Waals surface area contributed by atoms with Crippen molar-refractivity contribution in [2.45, 2.75) is 38.9 Å². The summed E-state index contributed by atoms with van der Waals surface area (Å²) in [7, 11) is 2.76. The second-order valence-electron chi connectivity index (χ2n) is 6.84. The Hall–Kier alpha value is -1.70. The number of esters is 1. The van der Waals surface area contributed by atoms with Gasteiger partial charge in [0.2, 0.25) is 0 Å². The third-order valence-electron chi connectivity index (χ3n) is 4.47. The molecule has 1 saturated heterocycles. The highest BCUT2D eigenvalue weighted by molar-refractivity contribution is 6.55. The third kappa shape index (κ3) is 3.86. The molecule has 6 nitrogen and oxygen atoms in total. The molecule has 0 unspecified atom stereocenters. The van der Waals surface area contributed by atoms with Crippen molar-refractivity contribution < 1.29 is 18.8 Å². The average molecular weight is 332 g/mol. The van der Waals surface area contributed by atoms with Crippen molar-refractivity contribution in [3.05, 3.63) is 35.1 Å². The predicted molar refractivity (Wildman–Crippen MR) is 93.6 cm³/mol. The topological polar surface area (TPSA) is 69.7 Å². The summed E-state index contributed by atoms with van der Waals surface area (Å²) >= 11 is 0. The molecule has 0 aromatic carbocycles. The molecule has 24 heavy (non-hydrogen) atoms. The van der Waals surface area contributed by atoms with Crippen LogP contribution >= 0.6 is 0 Å². The van der Waals surface area contributed by atoms with Crippen LogP contribution in [0.3, 0.4) is 0 Å². The molecule has 1 aliphatic rings.